The maximum absolute atomic E-state index is 12.3. The largest absolute Gasteiger partial charge is 0.369 e. The van der Waals surface area contributed by atoms with Crippen molar-refractivity contribution in [3.63, 3.8) is 0 Å². The molecule has 0 aliphatic rings. The summed E-state index contributed by atoms with van der Waals surface area (Å²) in [6.07, 6.45) is 3.18. The van der Waals surface area contributed by atoms with Gasteiger partial charge < -0.3 is 0 Å². The molecule has 3 rings (SSSR count). The zero-order chi connectivity index (χ0) is 14.1. The zero-order valence-corrected chi connectivity index (χ0v) is 11.3. The van der Waals surface area contributed by atoms with Gasteiger partial charge in [0.1, 0.15) is 0 Å². The van der Waals surface area contributed by atoms with Crippen LogP contribution in [0.25, 0.3) is 11.1 Å². The summed E-state index contributed by atoms with van der Waals surface area (Å²) in [5, 5.41) is 8.30. The highest BCUT2D eigenvalue weighted by molar-refractivity contribution is 5.81. The first kappa shape index (κ1) is 12.3. The Morgan fingerprint density at radius 1 is 1.10 bits per heavy atom. The second-order valence-electron chi connectivity index (χ2n) is 4.56. The van der Waals surface area contributed by atoms with Gasteiger partial charge in [-0.2, -0.15) is 19.6 Å². The molecule has 5 nitrogen and oxygen atoms in total. The van der Waals surface area contributed by atoms with E-state index in [9.17, 15) is 4.79 Å². The highest BCUT2D eigenvalue weighted by Gasteiger charge is 2.18. The molecule has 0 bridgehead atoms. The summed E-state index contributed by atoms with van der Waals surface area (Å²) in [5.74, 6) is 0. The number of hydrogen-bond donors (Lipinski definition) is 0. The Kier molecular flexibility index (Phi) is 2.95. The van der Waals surface area contributed by atoms with Crippen LogP contribution in [-0.4, -0.2) is 25.6 Å². The molecule has 0 aliphatic carbocycles. The first-order valence-electron chi connectivity index (χ1n) is 6.34. The average Bonchev–Trinajstić information content (AvgIpc) is 3.08. The third-order valence-electron chi connectivity index (χ3n) is 3.24. The SMILES string of the molecule is Cc1nn(C(=O)n2cccn2)c(C)c1-c1ccccc1. The molecule has 2 aromatic heterocycles. The molecule has 100 valence electrons. The summed E-state index contributed by atoms with van der Waals surface area (Å²) in [5.41, 5.74) is 3.69. The number of aryl methyl sites for hydroxylation is 1. The van der Waals surface area contributed by atoms with Crippen molar-refractivity contribution in [2.75, 3.05) is 0 Å². The predicted octanol–water partition coefficient (Wildman–Crippen LogP) is 2.88. The predicted molar refractivity (Wildman–Crippen MR) is 75.6 cm³/mol. The summed E-state index contributed by atoms with van der Waals surface area (Å²) < 4.78 is 2.67. The molecule has 0 spiro atoms. The Hall–Kier alpha value is -2.69. The van der Waals surface area contributed by atoms with E-state index >= 15 is 0 Å². The number of hydrogen-bond acceptors (Lipinski definition) is 3. The maximum Gasteiger partial charge on any atom is 0.369 e. The molecule has 3 aromatic rings. The summed E-state index contributed by atoms with van der Waals surface area (Å²) in [6, 6.07) is 11.4. The first-order valence-corrected chi connectivity index (χ1v) is 6.34. The monoisotopic (exact) mass is 266 g/mol. The number of aromatic nitrogens is 4. The van der Waals surface area contributed by atoms with Crippen LogP contribution in [0.15, 0.2) is 48.8 Å². The van der Waals surface area contributed by atoms with Crippen LogP contribution in [0.3, 0.4) is 0 Å². The van der Waals surface area contributed by atoms with Gasteiger partial charge in [-0.25, -0.2) is 4.79 Å². The van der Waals surface area contributed by atoms with Gasteiger partial charge in [0.25, 0.3) is 0 Å². The van der Waals surface area contributed by atoms with E-state index in [-0.39, 0.29) is 6.03 Å². The van der Waals surface area contributed by atoms with Crippen molar-refractivity contribution in [2.24, 2.45) is 0 Å². The van der Waals surface area contributed by atoms with E-state index in [1.165, 1.54) is 9.36 Å². The third-order valence-corrected chi connectivity index (χ3v) is 3.24. The van der Waals surface area contributed by atoms with E-state index in [2.05, 4.69) is 10.2 Å². The van der Waals surface area contributed by atoms with Crippen LogP contribution in [0.1, 0.15) is 11.4 Å². The van der Waals surface area contributed by atoms with Crippen molar-refractivity contribution in [3.8, 4) is 11.1 Å². The van der Waals surface area contributed by atoms with Gasteiger partial charge in [0.05, 0.1) is 11.4 Å². The summed E-state index contributed by atoms with van der Waals surface area (Å²) in [7, 11) is 0. The van der Waals surface area contributed by atoms with E-state index in [1.54, 1.807) is 18.5 Å². The fraction of sp³-hybridized carbons (Fsp3) is 0.133. The highest BCUT2D eigenvalue weighted by atomic mass is 16.2. The summed E-state index contributed by atoms with van der Waals surface area (Å²) in [4.78, 5) is 12.3. The van der Waals surface area contributed by atoms with Gasteiger partial charge >= 0.3 is 6.03 Å². The molecule has 2 heterocycles. The molecule has 20 heavy (non-hydrogen) atoms. The number of carbonyl (C=O) groups excluding carboxylic acids is 1. The molecule has 0 unspecified atom stereocenters. The molecule has 0 saturated heterocycles. The highest BCUT2D eigenvalue weighted by Crippen LogP contribution is 2.26. The van der Waals surface area contributed by atoms with Gasteiger partial charge in [-0.1, -0.05) is 30.3 Å². The van der Waals surface area contributed by atoms with E-state index in [0.29, 0.717) is 0 Å². The van der Waals surface area contributed by atoms with Crippen LogP contribution in [0.5, 0.6) is 0 Å². The zero-order valence-electron chi connectivity index (χ0n) is 11.3. The minimum absolute atomic E-state index is 0.280. The molecule has 0 N–H and O–H groups in total. The molecule has 0 aliphatic heterocycles. The number of carbonyl (C=O) groups is 1. The first-order chi connectivity index (χ1) is 9.68. The fourth-order valence-electron chi connectivity index (χ4n) is 2.33. The van der Waals surface area contributed by atoms with Crippen molar-refractivity contribution < 1.29 is 4.79 Å². The van der Waals surface area contributed by atoms with Crippen molar-refractivity contribution in [1.82, 2.24) is 19.6 Å². The topological polar surface area (TPSA) is 52.7 Å². The summed E-state index contributed by atoms with van der Waals surface area (Å²) in [6.45, 7) is 3.80. The average molecular weight is 266 g/mol. The number of rotatable bonds is 1. The molecular weight excluding hydrogens is 252 g/mol. The molecule has 1 aromatic carbocycles. The Balaban J connectivity index is 2.10. The van der Waals surface area contributed by atoms with Crippen molar-refractivity contribution >= 4 is 6.03 Å². The lowest BCUT2D eigenvalue weighted by Gasteiger charge is -2.04. The lowest BCUT2D eigenvalue weighted by atomic mass is 10.0. The molecule has 0 fully saturated rings. The van der Waals surface area contributed by atoms with Crippen LogP contribution in [0.4, 0.5) is 4.79 Å². The Bertz CT molecular complexity index is 742. The standard InChI is InChI=1S/C15H14N4O/c1-11-14(13-7-4-3-5-8-13)12(2)19(17-11)15(20)18-10-6-9-16-18/h3-10H,1-2H3. The Morgan fingerprint density at radius 2 is 1.85 bits per heavy atom. The van der Waals surface area contributed by atoms with E-state index in [4.69, 9.17) is 0 Å². The summed E-state index contributed by atoms with van der Waals surface area (Å²) >= 11 is 0. The Morgan fingerprint density at radius 3 is 2.50 bits per heavy atom. The smallest absolute Gasteiger partial charge is 0.244 e. The van der Waals surface area contributed by atoms with Crippen molar-refractivity contribution in [2.45, 2.75) is 13.8 Å². The van der Waals surface area contributed by atoms with Gasteiger partial charge in [-0.15, -0.1) is 0 Å². The molecule has 0 atom stereocenters. The van der Waals surface area contributed by atoms with Gasteiger partial charge in [0, 0.05) is 18.0 Å². The fourth-order valence-corrected chi connectivity index (χ4v) is 2.33. The Labute approximate surface area is 116 Å². The second-order valence-corrected chi connectivity index (χ2v) is 4.56. The van der Waals surface area contributed by atoms with Crippen molar-refractivity contribution in [3.05, 3.63) is 60.2 Å². The van der Waals surface area contributed by atoms with Crippen LogP contribution in [-0.2, 0) is 0 Å². The second kappa shape index (κ2) is 4.77. The van der Waals surface area contributed by atoms with E-state index in [1.807, 2.05) is 44.2 Å². The van der Waals surface area contributed by atoms with E-state index in [0.717, 1.165) is 22.5 Å². The molecule has 5 heteroatoms. The number of nitrogens with zero attached hydrogens (tertiary/aromatic N) is 4. The van der Waals surface area contributed by atoms with Gasteiger partial charge in [-0.3, -0.25) is 0 Å². The lowest BCUT2D eigenvalue weighted by molar-refractivity contribution is 0.237. The quantitative estimate of drug-likeness (QED) is 0.680. The lowest BCUT2D eigenvalue weighted by Crippen LogP contribution is -2.22. The van der Waals surface area contributed by atoms with Crippen LogP contribution in [0, 0.1) is 13.8 Å². The minimum atomic E-state index is -0.280. The van der Waals surface area contributed by atoms with Crippen LogP contribution >= 0.6 is 0 Å². The van der Waals surface area contributed by atoms with E-state index < -0.39 is 0 Å². The minimum Gasteiger partial charge on any atom is -0.244 e. The third kappa shape index (κ3) is 1.93. The normalized spacial score (nSPS) is 10.7. The van der Waals surface area contributed by atoms with Crippen LogP contribution in [0.2, 0.25) is 0 Å². The van der Waals surface area contributed by atoms with Crippen LogP contribution < -0.4 is 0 Å². The maximum atomic E-state index is 12.3. The molecule has 0 radical (unpaired) electrons. The van der Waals surface area contributed by atoms with Gasteiger partial charge in [0.15, 0.2) is 0 Å². The molecule has 0 saturated carbocycles. The van der Waals surface area contributed by atoms with Crippen molar-refractivity contribution in [1.29, 1.82) is 0 Å². The van der Waals surface area contributed by atoms with Gasteiger partial charge in [-0.05, 0) is 25.5 Å². The number of benzene rings is 1. The van der Waals surface area contributed by atoms with Gasteiger partial charge in [0.2, 0.25) is 0 Å². The molecule has 0 amide bonds. The molecular formula is C15H14N4O.